The van der Waals surface area contributed by atoms with E-state index in [0.717, 1.165) is 31.0 Å². The average molecular weight is 271 g/mol. The molecule has 2 saturated carbocycles. The minimum Gasteiger partial charge on any atom is -0.354 e. The van der Waals surface area contributed by atoms with Crippen molar-refractivity contribution in [3.8, 4) is 0 Å². The summed E-state index contributed by atoms with van der Waals surface area (Å²) < 4.78 is 0. The smallest absolute Gasteiger partial charge is 0.131 e. The van der Waals surface area contributed by atoms with Gasteiger partial charge in [0.1, 0.15) is 5.82 Å². The molecular formula is C17H25N3. The first-order valence-electron chi connectivity index (χ1n) is 8.22. The Morgan fingerprint density at radius 3 is 2.60 bits per heavy atom. The molecule has 0 aromatic carbocycles. The molecule has 0 amide bonds. The SMILES string of the molecule is Cc1cccnc1N1CCN(C2CC3CCC2C3)CC1. The van der Waals surface area contributed by atoms with E-state index >= 15 is 0 Å². The summed E-state index contributed by atoms with van der Waals surface area (Å²) in [7, 11) is 0. The lowest BCUT2D eigenvalue weighted by Gasteiger charge is -2.41. The van der Waals surface area contributed by atoms with Crippen molar-refractivity contribution in [1.82, 2.24) is 9.88 Å². The number of hydrogen-bond donors (Lipinski definition) is 0. The summed E-state index contributed by atoms with van der Waals surface area (Å²) in [6.45, 7) is 6.91. The highest BCUT2D eigenvalue weighted by Gasteiger charge is 2.42. The summed E-state index contributed by atoms with van der Waals surface area (Å²) in [6.07, 6.45) is 7.92. The summed E-state index contributed by atoms with van der Waals surface area (Å²) >= 11 is 0. The second-order valence-corrected chi connectivity index (χ2v) is 6.91. The summed E-state index contributed by atoms with van der Waals surface area (Å²) in [6, 6.07) is 5.11. The van der Waals surface area contributed by atoms with Crippen molar-refractivity contribution < 1.29 is 0 Å². The minimum absolute atomic E-state index is 0.903. The maximum absolute atomic E-state index is 4.57. The molecule has 3 aliphatic rings. The first-order chi connectivity index (χ1) is 9.81. The van der Waals surface area contributed by atoms with Crippen LogP contribution >= 0.6 is 0 Å². The molecule has 20 heavy (non-hydrogen) atoms. The Balaban J connectivity index is 1.40. The van der Waals surface area contributed by atoms with Gasteiger partial charge in [0.15, 0.2) is 0 Å². The fourth-order valence-electron chi connectivity index (χ4n) is 4.73. The Bertz CT molecular complexity index is 479. The third-order valence-corrected chi connectivity index (χ3v) is 5.77. The second-order valence-electron chi connectivity index (χ2n) is 6.91. The normalized spacial score (nSPS) is 33.9. The molecule has 3 nitrogen and oxygen atoms in total. The summed E-state index contributed by atoms with van der Waals surface area (Å²) in [5, 5.41) is 0. The van der Waals surface area contributed by atoms with E-state index in [1.54, 1.807) is 0 Å². The van der Waals surface area contributed by atoms with Crippen molar-refractivity contribution in [2.24, 2.45) is 11.8 Å². The van der Waals surface area contributed by atoms with Crippen molar-refractivity contribution >= 4 is 5.82 Å². The maximum Gasteiger partial charge on any atom is 0.131 e. The highest BCUT2D eigenvalue weighted by atomic mass is 15.3. The van der Waals surface area contributed by atoms with Crippen LogP contribution in [0, 0.1) is 18.8 Å². The third-order valence-electron chi connectivity index (χ3n) is 5.77. The molecule has 1 aliphatic heterocycles. The first kappa shape index (κ1) is 12.6. The van der Waals surface area contributed by atoms with Gasteiger partial charge in [-0.05, 0) is 49.7 Å². The standard InChI is InChI=1S/C17H25N3/c1-13-3-2-6-18-17(13)20-9-7-19(8-10-20)16-12-14-4-5-15(16)11-14/h2-3,6,14-16H,4-5,7-12H2,1H3. The highest BCUT2D eigenvalue weighted by molar-refractivity contribution is 5.46. The first-order valence-corrected chi connectivity index (χ1v) is 8.22. The number of piperazine rings is 1. The molecule has 2 aliphatic carbocycles. The number of fused-ring (bicyclic) bond motifs is 2. The monoisotopic (exact) mass is 271 g/mol. The summed E-state index contributed by atoms with van der Waals surface area (Å²) in [5.41, 5.74) is 1.31. The van der Waals surface area contributed by atoms with E-state index in [-0.39, 0.29) is 0 Å². The quantitative estimate of drug-likeness (QED) is 0.824. The minimum atomic E-state index is 0.903. The zero-order chi connectivity index (χ0) is 13.5. The Kier molecular flexibility index (Phi) is 3.18. The van der Waals surface area contributed by atoms with E-state index in [2.05, 4.69) is 27.8 Å². The largest absolute Gasteiger partial charge is 0.354 e. The number of aromatic nitrogens is 1. The van der Waals surface area contributed by atoms with Gasteiger partial charge < -0.3 is 4.90 Å². The zero-order valence-corrected chi connectivity index (χ0v) is 12.5. The number of rotatable bonds is 2. The van der Waals surface area contributed by atoms with Crippen molar-refractivity contribution in [3.63, 3.8) is 0 Å². The van der Waals surface area contributed by atoms with Crippen LogP contribution in [0.3, 0.4) is 0 Å². The molecule has 1 aromatic rings. The van der Waals surface area contributed by atoms with Crippen LogP contribution in [0.25, 0.3) is 0 Å². The highest BCUT2D eigenvalue weighted by Crippen LogP contribution is 2.46. The van der Waals surface area contributed by atoms with Crippen LogP contribution in [0.5, 0.6) is 0 Å². The molecule has 3 heteroatoms. The maximum atomic E-state index is 4.57. The molecular weight excluding hydrogens is 246 g/mol. The van der Waals surface area contributed by atoms with Gasteiger partial charge in [-0.3, -0.25) is 4.90 Å². The lowest BCUT2D eigenvalue weighted by Crippen LogP contribution is -2.52. The van der Waals surface area contributed by atoms with Gasteiger partial charge in [0.05, 0.1) is 0 Å². The van der Waals surface area contributed by atoms with Gasteiger partial charge in [-0.25, -0.2) is 4.98 Å². The van der Waals surface area contributed by atoms with Crippen LogP contribution in [-0.4, -0.2) is 42.1 Å². The molecule has 4 rings (SSSR count). The molecule has 0 radical (unpaired) electrons. The predicted molar refractivity (Wildman–Crippen MR) is 82.0 cm³/mol. The van der Waals surface area contributed by atoms with E-state index in [9.17, 15) is 0 Å². The summed E-state index contributed by atoms with van der Waals surface area (Å²) in [5.74, 6) is 3.27. The number of pyridine rings is 1. The Hall–Kier alpha value is -1.09. The fraction of sp³-hybridized carbons (Fsp3) is 0.706. The molecule has 2 heterocycles. The van der Waals surface area contributed by atoms with Crippen LogP contribution in [-0.2, 0) is 0 Å². The topological polar surface area (TPSA) is 19.4 Å². The Morgan fingerprint density at radius 1 is 1.10 bits per heavy atom. The number of anilines is 1. The zero-order valence-electron chi connectivity index (χ0n) is 12.5. The van der Waals surface area contributed by atoms with Crippen molar-refractivity contribution in [2.75, 3.05) is 31.1 Å². The van der Waals surface area contributed by atoms with Crippen molar-refractivity contribution in [1.29, 1.82) is 0 Å². The lowest BCUT2D eigenvalue weighted by atomic mass is 9.93. The molecule has 2 bridgehead atoms. The van der Waals surface area contributed by atoms with E-state index in [0.29, 0.717) is 0 Å². The van der Waals surface area contributed by atoms with Gasteiger partial charge in [0.25, 0.3) is 0 Å². The van der Waals surface area contributed by atoms with E-state index in [4.69, 9.17) is 0 Å². The molecule has 3 unspecified atom stereocenters. The van der Waals surface area contributed by atoms with Crippen LogP contribution in [0.4, 0.5) is 5.82 Å². The van der Waals surface area contributed by atoms with Gasteiger partial charge >= 0.3 is 0 Å². The molecule has 1 saturated heterocycles. The molecule has 108 valence electrons. The Labute approximate surface area is 122 Å². The van der Waals surface area contributed by atoms with Gasteiger partial charge in [0.2, 0.25) is 0 Å². The van der Waals surface area contributed by atoms with Crippen LogP contribution in [0.1, 0.15) is 31.2 Å². The number of nitrogens with zero attached hydrogens (tertiary/aromatic N) is 3. The summed E-state index contributed by atoms with van der Waals surface area (Å²) in [4.78, 5) is 9.82. The number of hydrogen-bond acceptors (Lipinski definition) is 3. The van der Waals surface area contributed by atoms with Crippen LogP contribution in [0.2, 0.25) is 0 Å². The molecule has 3 fully saturated rings. The third kappa shape index (κ3) is 2.12. The van der Waals surface area contributed by atoms with Gasteiger partial charge in [-0.2, -0.15) is 0 Å². The molecule has 1 aromatic heterocycles. The van der Waals surface area contributed by atoms with E-state index in [1.807, 2.05) is 12.3 Å². The molecule has 0 N–H and O–H groups in total. The van der Waals surface area contributed by atoms with Crippen LogP contribution < -0.4 is 4.90 Å². The van der Waals surface area contributed by atoms with E-state index in [1.165, 1.54) is 50.2 Å². The number of aryl methyl sites for hydroxylation is 1. The second kappa shape index (κ2) is 5.03. The fourth-order valence-corrected chi connectivity index (χ4v) is 4.73. The van der Waals surface area contributed by atoms with Gasteiger partial charge in [-0.1, -0.05) is 12.5 Å². The van der Waals surface area contributed by atoms with E-state index < -0.39 is 0 Å². The molecule has 3 atom stereocenters. The van der Waals surface area contributed by atoms with Gasteiger partial charge in [-0.15, -0.1) is 0 Å². The lowest BCUT2D eigenvalue weighted by molar-refractivity contribution is 0.134. The predicted octanol–water partition coefficient (Wildman–Crippen LogP) is 2.70. The van der Waals surface area contributed by atoms with Crippen molar-refractivity contribution in [3.05, 3.63) is 23.9 Å². The van der Waals surface area contributed by atoms with Crippen molar-refractivity contribution in [2.45, 2.75) is 38.6 Å². The Morgan fingerprint density at radius 2 is 1.95 bits per heavy atom. The average Bonchev–Trinajstić information content (AvgIpc) is 3.11. The molecule has 0 spiro atoms. The van der Waals surface area contributed by atoms with Gasteiger partial charge in [0, 0.05) is 38.4 Å². The van der Waals surface area contributed by atoms with Crippen LogP contribution in [0.15, 0.2) is 18.3 Å².